The predicted octanol–water partition coefficient (Wildman–Crippen LogP) is 6.90. The summed E-state index contributed by atoms with van der Waals surface area (Å²) in [5.74, 6) is 0. The van der Waals surface area contributed by atoms with Crippen molar-refractivity contribution < 1.29 is 0 Å². The summed E-state index contributed by atoms with van der Waals surface area (Å²) in [6.07, 6.45) is 6.42. The van der Waals surface area contributed by atoms with Gasteiger partial charge in [-0.05, 0) is 43.2 Å². The van der Waals surface area contributed by atoms with Crippen molar-refractivity contribution in [1.29, 1.82) is 0 Å². The Bertz CT molecular complexity index is 710. The van der Waals surface area contributed by atoms with Crippen LogP contribution in [0.2, 0.25) is 0 Å². The summed E-state index contributed by atoms with van der Waals surface area (Å²) in [6.45, 7) is 2.27. The van der Waals surface area contributed by atoms with E-state index in [0.29, 0.717) is 0 Å². The van der Waals surface area contributed by atoms with Crippen LogP contribution in [0.25, 0.3) is 0 Å². The van der Waals surface area contributed by atoms with E-state index in [-0.39, 0.29) is 10.9 Å². The summed E-state index contributed by atoms with van der Waals surface area (Å²) >= 11 is 0. The minimum atomic E-state index is -0.0334. The maximum Gasteiger partial charge on any atom is 0.169 e. The molecule has 3 aromatic rings. The molecule has 0 bridgehead atoms. The Hall–Kier alpha value is -1.99. The van der Waals surface area contributed by atoms with Gasteiger partial charge in [-0.1, -0.05) is 80.8 Å². The molecule has 3 rings (SSSR count). The molecule has 0 nitrogen and oxygen atoms in total. The normalized spacial score (nSPS) is 11.0. The van der Waals surface area contributed by atoms with Crippen LogP contribution in [-0.4, -0.2) is 0 Å². The maximum absolute atomic E-state index is 2.33. The minimum Gasteiger partial charge on any atom is -0.0654 e. The van der Waals surface area contributed by atoms with Crippen molar-refractivity contribution in [3.8, 4) is 0 Å². The molecule has 0 heterocycles. The second-order valence-electron chi connectivity index (χ2n) is 6.35. The van der Waals surface area contributed by atoms with E-state index in [0.717, 1.165) is 0 Å². The molecule has 0 fully saturated rings. The highest BCUT2D eigenvalue weighted by Gasteiger charge is 2.30. The van der Waals surface area contributed by atoms with Crippen molar-refractivity contribution >= 4 is 10.9 Å². The molecule has 0 atom stereocenters. The van der Waals surface area contributed by atoms with Crippen LogP contribution in [0.4, 0.5) is 0 Å². The predicted molar refractivity (Wildman–Crippen MR) is 109 cm³/mol. The highest BCUT2D eigenvalue weighted by atomic mass is 32.2. The van der Waals surface area contributed by atoms with Crippen LogP contribution in [0.5, 0.6) is 0 Å². The quantitative estimate of drug-likeness (QED) is 0.307. The van der Waals surface area contributed by atoms with E-state index in [1.165, 1.54) is 52.4 Å². The van der Waals surface area contributed by atoms with Gasteiger partial charge in [-0.2, -0.15) is 0 Å². The van der Waals surface area contributed by atoms with Crippen molar-refractivity contribution in [3.63, 3.8) is 0 Å². The van der Waals surface area contributed by atoms with Gasteiger partial charge in [0.15, 0.2) is 14.7 Å². The fourth-order valence-corrected chi connectivity index (χ4v) is 5.44. The zero-order valence-electron chi connectivity index (χ0n) is 15.0. The number of benzene rings is 3. The van der Waals surface area contributed by atoms with Gasteiger partial charge in [0.25, 0.3) is 0 Å². The largest absolute Gasteiger partial charge is 0.169 e. The number of hydrogen-bond donors (Lipinski definition) is 0. The Morgan fingerprint density at radius 2 is 1.16 bits per heavy atom. The molecule has 0 N–H and O–H groups in total. The Labute approximate surface area is 155 Å². The lowest BCUT2D eigenvalue weighted by molar-refractivity contribution is 0.663. The van der Waals surface area contributed by atoms with Gasteiger partial charge in [0.1, 0.15) is 0 Å². The van der Waals surface area contributed by atoms with Gasteiger partial charge < -0.3 is 0 Å². The zero-order chi connectivity index (χ0) is 17.3. The lowest BCUT2D eigenvalue weighted by atomic mass is 10.1. The third-order valence-electron chi connectivity index (χ3n) is 4.45. The summed E-state index contributed by atoms with van der Waals surface area (Å²) in [7, 11) is -0.0334. The van der Waals surface area contributed by atoms with E-state index in [9.17, 15) is 0 Å². The Morgan fingerprint density at radius 1 is 0.600 bits per heavy atom. The van der Waals surface area contributed by atoms with Crippen molar-refractivity contribution in [1.82, 2.24) is 0 Å². The summed E-state index contributed by atoms with van der Waals surface area (Å²) < 4.78 is 0. The monoisotopic (exact) mass is 347 g/mol. The van der Waals surface area contributed by atoms with E-state index in [1.54, 1.807) is 0 Å². The first kappa shape index (κ1) is 17.8. The highest BCUT2D eigenvalue weighted by molar-refractivity contribution is 7.97. The molecule has 0 saturated heterocycles. The lowest BCUT2D eigenvalue weighted by Crippen LogP contribution is -2.08. The highest BCUT2D eigenvalue weighted by Crippen LogP contribution is 2.33. The maximum atomic E-state index is 2.33. The summed E-state index contributed by atoms with van der Waals surface area (Å²) in [4.78, 5) is 4.28. The van der Waals surface area contributed by atoms with Crippen LogP contribution in [0.15, 0.2) is 99.6 Å². The Kier molecular flexibility index (Phi) is 6.76. The molecule has 0 amide bonds. The van der Waals surface area contributed by atoms with Crippen LogP contribution in [0, 0.1) is 0 Å². The van der Waals surface area contributed by atoms with Crippen LogP contribution in [0.1, 0.15) is 38.2 Å². The Morgan fingerprint density at radius 3 is 1.76 bits per heavy atom. The summed E-state index contributed by atoms with van der Waals surface area (Å²) in [5.41, 5.74) is 1.51. The second kappa shape index (κ2) is 9.48. The number of aryl methyl sites for hydroxylation is 1. The molecule has 0 aliphatic carbocycles. The third kappa shape index (κ3) is 4.76. The molecule has 0 aliphatic rings. The number of unbranched alkanes of at least 4 members (excludes halogenated alkanes) is 3. The minimum absolute atomic E-state index is 0.0334. The SMILES string of the molecule is CCCCCCc1ccccc1[S+](c1ccccc1)c1ccccc1. The fourth-order valence-electron chi connectivity index (χ4n) is 3.15. The van der Waals surface area contributed by atoms with Crippen LogP contribution < -0.4 is 0 Å². The van der Waals surface area contributed by atoms with Crippen LogP contribution in [-0.2, 0) is 17.3 Å². The van der Waals surface area contributed by atoms with Crippen molar-refractivity contribution in [2.24, 2.45) is 0 Å². The molecule has 0 radical (unpaired) electrons. The summed E-state index contributed by atoms with van der Waals surface area (Å²) in [6, 6.07) is 30.9. The van der Waals surface area contributed by atoms with E-state index in [4.69, 9.17) is 0 Å². The van der Waals surface area contributed by atoms with E-state index in [1.807, 2.05) is 0 Å². The molecule has 1 heteroatoms. The molecule has 0 unspecified atom stereocenters. The van der Waals surface area contributed by atoms with Gasteiger partial charge in [0.05, 0.1) is 10.9 Å². The first-order valence-electron chi connectivity index (χ1n) is 9.32. The molecular weight excluding hydrogens is 320 g/mol. The van der Waals surface area contributed by atoms with Gasteiger partial charge in [0, 0.05) is 5.56 Å². The molecule has 0 aliphatic heterocycles. The fraction of sp³-hybridized carbons (Fsp3) is 0.250. The van der Waals surface area contributed by atoms with Crippen molar-refractivity contribution in [3.05, 3.63) is 90.5 Å². The summed E-state index contributed by atoms with van der Waals surface area (Å²) in [5, 5.41) is 0. The van der Waals surface area contributed by atoms with E-state index >= 15 is 0 Å². The van der Waals surface area contributed by atoms with Gasteiger partial charge in [-0.15, -0.1) is 0 Å². The van der Waals surface area contributed by atoms with Crippen molar-refractivity contribution in [2.75, 3.05) is 0 Å². The zero-order valence-corrected chi connectivity index (χ0v) is 15.8. The van der Waals surface area contributed by atoms with Gasteiger partial charge in [-0.25, -0.2) is 0 Å². The molecule has 0 aromatic heterocycles. The van der Waals surface area contributed by atoms with E-state index in [2.05, 4.69) is 91.9 Å². The van der Waals surface area contributed by atoms with Crippen molar-refractivity contribution in [2.45, 2.75) is 53.7 Å². The molecular formula is C24H27S+. The standard InChI is InChI=1S/C24H27S/c1-2-3-4-7-14-21-15-12-13-20-24(21)25(22-16-8-5-9-17-22)23-18-10-6-11-19-23/h5-6,8-13,15-20H,2-4,7,14H2,1H3/q+1. The molecule has 0 spiro atoms. The molecule has 128 valence electrons. The second-order valence-corrected chi connectivity index (χ2v) is 8.35. The van der Waals surface area contributed by atoms with Gasteiger partial charge in [0.2, 0.25) is 0 Å². The number of hydrogen-bond acceptors (Lipinski definition) is 0. The average molecular weight is 348 g/mol. The first-order chi connectivity index (χ1) is 12.4. The molecule has 25 heavy (non-hydrogen) atoms. The topological polar surface area (TPSA) is 0 Å². The Balaban J connectivity index is 1.97. The van der Waals surface area contributed by atoms with E-state index < -0.39 is 0 Å². The van der Waals surface area contributed by atoms with Crippen LogP contribution in [0.3, 0.4) is 0 Å². The smallest absolute Gasteiger partial charge is 0.0654 e. The van der Waals surface area contributed by atoms with Gasteiger partial charge >= 0.3 is 0 Å². The third-order valence-corrected chi connectivity index (χ3v) is 6.78. The molecule has 3 aromatic carbocycles. The average Bonchev–Trinajstić information content (AvgIpc) is 2.68. The first-order valence-corrected chi connectivity index (χ1v) is 10.5. The molecule has 0 saturated carbocycles. The van der Waals surface area contributed by atoms with Gasteiger partial charge in [-0.3, -0.25) is 0 Å². The number of rotatable bonds is 8. The van der Waals surface area contributed by atoms with Crippen LogP contribution >= 0.6 is 0 Å². The lowest BCUT2D eigenvalue weighted by Gasteiger charge is -2.12.